The SMILES string of the molecule is CCNC(=O)c1cc(Oc2ccc(NC(=O)c3cc4cccnc4n(-c4ccc(Cl)cc4)c3=O)cc2)ccn1. The number of anilines is 1. The largest absolute Gasteiger partial charge is 0.457 e. The average Bonchev–Trinajstić information content (AvgIpc) is 2.95. The Hall–Kier alpha value is -5.02. The molecular weight excluding hydrogens is 518 g/mol. The number of nitrogens with one attached hydrogen (secondary N) is 2. The van der Waals surface area contributed by atoms with Gasteiger partial charge in [-0.15, -0.1) is 0 Å². The lowest BCUT2D eigenvalue weighted by Crippen LogP contribution is -2.29. The molecule has 0 bridgehead atoms. The molecule has 0 aliphatic heterocycles. The third kappa shape index (κ3) is 5.63. The molecule has 2 N–H and O–H groups in total. The van der Waals surface area contributed by atoms with Crippen molar-refractivity contribution in [3.63, 3.8) is 0 Å². The molecule has 0 radical (unpaired) electrons. The summed E-state index contributed by atoms with van der Waals surface area (Å²) < 4.78 is 7.22. The van der Waals surface area contributed by atoms with Crippen molar-refractivity contribution >= 4 is 40.1 Å². The maximum absolute atomic E-state index is 13.4. The van der Waals surface area contributed by atoms with Crippen molar-refractivity contribution in [2.24, 2.45) is 0 Å². The van der Waals surface area contributed by atoms with Crippen molar-refractivity contribution in [1.29, 1.82) is 0 Å². The first-order valence-corrected chi connectivity index (χ1v) is 12.4. The third-order valence-corrected chi connectivity index (χ3v) is 5.99. The highest BCUT2D eigenvalue weighted by Crippen LogP contribution is 2.24. The molecule has 3 aromatic heterocycles. The van der Waals surface area contributed by atoms with Crippen LogP contribution >= 0.6 is 11.6 Å². The van der Waals surface area contributed by atoms with Gasteiger partial charge in [-0.25, -0.2) is 4.98 Å². The molecule has 5 rings (SSSR count). The third-order valence-electron chi connectivity index (χ3n) is 5.74. The Bertz CT molecular complexity index is 1730. The van der Waals surface area contributed by atoms with Gasteiger partial charge in [-0.2, -0.15) is 0 Å². The van der Waals surface area contributed by atoms with Gasteiger partial charge in [0.1, 0.15) is 28.4 Å². The average molecular weight is 540 g/mol. The zero-order valence-corrected chi connectivity index (χ0v) is 21.5. The van der Waals surface area contributed by atoms with Crippen LogP contribution in [0.3, 0.4) is 0 Å². The lowest BCUT2D eigenvalue weighted by Gasteiger charge is -2.13. The predicted molar refractivity (Wildman–Crippen MR) is 149 cm³/mol. The fourth-order valence-electron chi connectivity index (χ4n) is 3.93. The number of pyridine rings is 3. The number of halogens is 1. The summed E-state index contributed by atoms with van der Waals surface area (Å²) in [5.74, 6) is 0.0712. The van der Waals surface area contributed by atoms with E-state index in [1.807, 2.05) is 6.92 Å². The van der Waals surface area contributed by atoms with Crippen LogP contribution in [0.15, 0.2) is 96.1 Å². The molecule has 0 aliphatic carbocycles. The lowest BCUT2D eigenvalue weighted by molar-refractivity contribution is 0.0949. The molecule has 39 heavy (non-hydrogen) atoms. The fourth-order valence-corrected chi connectivity index (χ4v) is 4.05. The van der Waals surface area contributed by atoms with Crippen molar-refractivity contribution in [3.8, 4) is 17.2 Å². The summed E-state index contributed by atoms with van der Waals surface area (Å²) in [6.45, 7) is 2.31. The van der Waals surface area contributed by atoms with Gasteiger partial charge in [0.05, 0.1) is 5.69 Å². The second-order valence-electron chi connectivity index (χ2n) is 8.41. The molecule has 0 spiro atoms. The quantitative estimate of drug-likeness (QED) is 0.293. The van der Waals surface area contributed by atoms with Crippen LogP contribution in [0, 0.1) is 0 Å². The molecule has 0 fully saturated rings. The maximum Gasteiger partial charge on any atom is 0.270 e. The molecule has 5 aromatic rings. The normalized spacial score (nSPS) is 10.7. The number of rotatable bonds is 7. The summed E-state index contributed by atoms with van der Waals surface area (Å²) in [7, 11) is 0. The van der Waals surface area contributed by atoms with Crippen LogP contribution in [0.4, 0.5) is 5.69 Å². The molecule has 194 valence electrons. The Kier molecular flexibility index (Phi) is 7.33. The van der Waals surface area contributed by atoms with E-state index in [1.165, 1.54) is 16.8 Å². The van der Waals surface area contributed by atoms with Crippen molar-refractivity contribution in [2.45, 2.75) is 6.92 Å². The number of carbonyl (C=O) groups excluding carboxylic acids is 2. The van der Waals surface area contributed by atoms with Gasteiger partial charge in [-0.05, 0) is 79.7 Å². The van der Waals surface area contributed by atoms with Crippen LogP contribution in [0.25, 0.3) is 16.7 Å². The first-order chi connectivity index (χ1) is 18.9. The Morgan fingerprint density at radius 1 is 0.897 bits per heavy atom. The smallest absolute Gasteiger partial charge is 0.270 e. The Morgan fingerprint density at radius 2 is 1.67 bits per heavy atom. The van der Waals surface area contributed by atoms with Gasteiger partial charge in [0.2, 0.25) is 0 Å². The van der Waals surface area contributed by atoms with Gasteiger partial charge in [-0.1, -0.05) is 11.6 Å². The number of hydrogen-bond acceptors (Lipinski definition) is 6. The molecule has 0 unspecified atom stereocenters. The second-order valence-corrected chi connectivity index (χ2v) is 8.84. The highest BCUT2D eigenvalue weighted by atomic mass is 35.5. The molecule has 0 aliphatic rings. The number of aromatic nitrogens is 3. The maximum atomic E-state index is 13.4. The zero-order valence-electron chi connectivity index (χ0n) is 20.7. The number of amides is 2. The second kappa shape index (κ2) is 11.2. The molecule has 3 heterocycles. The summed E-state index contributed by atoms with van der Waals surface area (Å²) in [6, 6.07) is 21.6. The first kappa shape index (κ1) is 25.6. The molecule has 10 heteroatoms. The molecule has 0 atom stereocenters. The van der Waals surface area contributed by atoms with E-state index in [4.69, 9.17) is 16.3 Å². The summed E-state index contributed by atoms with van der Waals surface area (Å²) >= 11 is 6.02. The van der Waals surface area contributed by atoms with E-state index in [9.17, 15) is 14.4 Å². The van der Waals surface area contributed by atoms with Gasteiger partial charge in [0.15, 0.2) is 0 Å². The van der Waals surface area contributed by atoms with E-state index >= 15 is 0 Å². The lowest BCUT2D eigenvalue weighted by atomic mass is 10.1. The summed E-state index contributed by atoms with van der Waals surface area (Å²) in [6.07, 6.45) is 3.08. The molecule has 2 aromatic carbocycles. The monoisotopic (exact) mass is 539 g/mol. The van der Waals surface area contributed by atoms with Gasteiger partial charge < -0.3 is 15.4 Å². The highest BCUT2D eigenvalue weighted by molar-refractivity contribution is 6.30. The Balaban J connectivity index is 1.38. The molecule has 9 nitrogen and oxygen atoms in total. The standard InChI is InChI=1S/C29H22ClN5O4/c1-2-31-28(37)25-17-23(13-15-32-25)39-22-11-7-20(8-12-22)34-27(36)24-16-18-4-3-14-33-26(18)35(29(24)38)21-9-5-19(30)6-10-21/h3-17H,2H2,1H3,(H,31,37)(H,34,36). The van der Waals surface area contributed by atoms with Gasteiger partial charge in [0.25, 0.3) is 17.4 Å². The van der Waals surface area contributed by atoms with Gasteiger partial charge in [0, 0.05) is 41.1 Å². The number of carbonyl (C=O) groups is 2. The fraction of sp³-hybridized carbons (Fsp3) is 0.0690. The molecule has 0 saturated carbocycles. The number of ether oxygens (including phenoxy) is 1. The minimum absolute atomic E-state index is 0.0413. The van der Waals surface area contributed by atoms with Crippen LogP contribution in [0.5, 0.6) is 11.5 Å². The van der Waals surface area contributed by atoms with E-state index < -0.39 is 11.5 Å². The number of nitrogens with zero attached hydrogens (tertiary/aromatic N) is 3. The zero-order chi connectivity index (χ0) is 27.4. The van der Waals surface area contributed by atoms with Crippen LogP contribution in [-0.4, -0.2) is 32.9 Å². The molecular formula is C29H22ClN5O4. The predicted octanol–water partition coefficient (Wildman–Crippen LogP) is 5.23. The van der Waals surface area contributed by atoms with Crippen LogP contribution in [-0.2, 0) is 0 Å². The number of fused-ring (bicyclic) bond motifs is 1. The summed E-state index contributed by atoms with van der Waals surface area (Å²) in [4.78, 5) is 47.1. The van der Waals surface area contributed by atoms with E-state index in [1.54, 1.807) is 79.0 Å². The van der Waals surface area contributed by atoms with Crippen molar-refractivity contribution < 1.29 is 14.3 Å². The van der Waals surface area contributed by atoms with Crippen molar-refractivity contribution in [2.75, 3.05) is 11.9 Å². The first-order valence-electron chi connectivity index (χ1n) is 12.0. The van der Waals surface area contributed by atoms with E-state index in [0.29, 0.717) is 45.5 Å². The minimum atomic E-state index is -0.567. The molecule has 2 amide bonds. The number of benzene rings is 2. The van der Waals surface area contributed by atoms with Crippen LogP contribution in [0.1, 0.15) is 27.8 Å². The van der Waals surface area contributed by atoms with Crippen molar-refractivity contribution in [3.05, 3.63) is 118 Å². The minimum Gasteiger partial charge on any atom is -0.457 e. The summed E-state index contributed by atoms with van der Waals surface area (Å²) in [5.41, 5.74) is 1.12. The van der Waals surface area contributed by atoms with Gasteiger partial charge in [-0.3, -0.25) is 23.9 Å². The van der Waals surface area contributed by atoms with E-state index in [2.05, 4.69) is 20.6 Å². The van der Waals surface area contributed by atoms with Crippen LogP contribution in [0.2, 0.25) is 5.02 Å². The summed E-state index contributed by atoms with van der Waals surface area (Å²) in [5, 5.41) is 6.61. The van der Waals surface area contributed by atoms with Crippen LogP contribution < -0.4 is 20.9 Å². The van der Waals surface area contributed by atoms with E-state index in [-0.39, 0.29) is 17.2 Å². The van der Waals surface area contributed by atoms with E-state index in [0.717, 1.165) is 0 Å². The Labute approximate surface area is 228 Å². The molecule has 0 saturated heterocycles. The number of hydrogen-bond donors (Lipinski definition) is 2. The topological polar surface area (TPSA) is 115 Å². The van der Waals surface area contributed by atoms with Gasteiger partial charge >= 0.3 is 0 Å². The Morgan fingerprint density at radius 3 is 2.41 bits per heavy atom. The van der Waals surface area contributed by atoms with Crippen molar-refractivity contribution in [1.82, 2.24) is 19.9 Å². The highest BCUT2D eigenvalue weighted by Gasteiger charge is 2.18.